The van der Waals surface area contributed by atoms with Gasteiger partial charge in [0.05, 0.1) is 17.1 Å². The van der Waals surface area contributed by atoms with Gasteiger partial charge in [0.1, 0.15) is 0 Å². The van der Waals surface area contributed by atoms with Gasteiger partial charge in [-0.3, -0.25) is 4.79 Å². The predicted molar refractivity (Wildman–Crippen MR) is 110 cm³/mol. The zero-order valence-corrected chi connectivity index (χ0v) is 17.2. The molecule has 6 nitrogen and oxygen atoms in total. The first-order chi connectivity index (χ1) is 13.9. The third-order valence-corrected chi connectivity index (χ3v) is 6.84. The zero-order valence-electron chi connectivity index (χ0n) is 16.4. The van der Waals surface area contributed by atoms with Crippen molar-refractivity contribution in [2.24, 2.45) is 0 Å². The van der Waals surface area contributed by atoms with Crippen molar-refractivity contribution in [1.82, 2.24) is 4.90 Å². The second kappa shape index (κ2) is 9.22. The molecule has 2 aromatic rings. The summed E-state index contributed by atoms with van der Waals surface area (Å²) in [5.74, 6) is -0.952. The van der Waals surface area contributed by atoms with Crippen LogP contribution in [0.25, 0.3) is 0 Å². The Morgan fingerprint density at radius 2 is 1.72 bits per heavy atom. The number of aryl methyl sites for hydroxylation is 1. The lowest BCUT2D eigenvalue weighted by Gasteiger charge is -2.28. The number of nitrogens with zero attached hydrogens (tertiary/aromatic N) is 1. The van der Waals surface area contributed by atoms with E-state index in [1.807, 2.05) is 49.4 Å². The van der Waals surface area contributed by atoms with Crippen molar-refractivity contribution in [2.45, 2.75) is 32.4 Å². The molecule has 7 heteroatoms. The molecule has 0 radical (unpaired) electrons. The summed E-state index contributed by atoms with van der Waals surface area (Å²) in [6.45, 7) is 1.89. The Bertz CT molecular complexity index is 954. The summed E-state index contributed by atoms with van der Waals surface area (Å²) in [5.41, 5.74) is 2.38. The molecule has 0 unspecified atom stereocenters. The maximum absolute atomic E-state index is 12.8. The highest BCUT2D eigenvalue weighted by atomic mass is 32.2. The monoisotopic (exact) mass is 415 g/mol. The number of carbonyl (C=O) groups is 2. The van der Waals surface area contributed by atoms with Crippen LogP contribution in [0.2, 0.25) is 0 Å². The SMILES string of the molecule is CCc1ccc(C(=O)OCC(=O)N(Cc2ccccc2)[C@H]2CCS(=O)(=O)C2)cc1. The molecule has 3 rings (SSSR count). The van der Waals surface area contributed by atoms with Crippen LogP contribution in [0.15, 0.2) is 54.6 Å². The summed E-state index contributed by atoms with van der Waals surface area (Å²) in [4.78, 5) is 26.6. The van der Waals surface area contributed by atoms with Gasteiger partial charge >= 0.3 is 5.97 Å². The lowest BCUT2D eigenvalue weighted by atomic mass is 10.1. The molecular formula is C22H25NO5S. The van der Waals surface area contributed by atoms with E-state index < -0.39 is 34.4 Å². The van der Waals surface area contributed by atoms with Crippen molar-refractivity contribution < 1.29 is 22.7 Å². The second-order valence-electron chi connectivity index (χ2n) is 7.19. The minimum atomic E-state index is -3.15. The molecule has 1 amide bonds. The van der Waals surface area contributed by atoms with Crippen molar-refractivity contribution >= 4 is 21.7 Å². The molecule has 0 spiro atoms. The smallest absolute Gasteiger partial charge is 0.338 e. The van der Waals surface area contributed by atoms with Gasteiger partial charge in [-0.1, -0.05) is 49.4 Å². The Morgan fingerprint density at radius 1 is 1.03 bits per heavy atom. The van der Waals surface area contributed by atoms with Crippen LogP contribution in [0.1, 0.15) is 34.8 Å². The third kappa shape index (κ3) is 5.67. The molecule has 0 saturated carbocycles. The topological polar surface area (TPSA) is 80.8 Å². The Kier molecular flexibility index (Phi) is 6.69. The number of benzene rings is 2. The molecule has 0 aromatic heterocycles. The molecule has 1 aliphatic heterocycles. The number of ether oxygens (including phenoxy) is 1. The average molecular weight is 416 g/mol. The zero-order chi connectivity index (χ0) is 20.9. The number of hydrogen-bond donors (Lipinski definition) is 0. The maximum atomic E-state index is 12.8. The standard InChI is InChI=1S/C22H25NO5S/c1-2-17-8-10-19(11-9-17)22(25)28-15-21(24)23(14-18-6-4-3-5-7-18)20-12-13-29(26,27)16-20/h3-11,20H,2,12-16H2,1H3/t20-/m0/s1. The van der Waals surface area contributed by atoms with E-state index in [0.29, 0.717) is 12.0 Å². The van der Waals surface area contributed by atoms with Crippen LogP contribution in [0.4, 0.5) is 0 Å². The van der Waals surface area contributed by atoms with Crippen molar-refractivity contribution in [2.75, 3.05) is 18.1 Å². The largest absolute Gasteiger partial charge is 0.452 e. The fourth-order valence-electron chi connectivity index (χ4n) is 3.39. The lowest BCUT2D eigenvalue weighted by molar-refractivity contribution is -0.137. The Morgan fingerprint density at radius 3 is 2.31 bits per heavy atom. The van der Waals surface area contributed by atoms with Gasteiger partial charge in [0, 0.05) is 12.6 Å². The summed E-state index contributed by atoms with van der Waals surface area (Å²) in [5, 5.41) is 0. The van der Waals surface area contributed by atoms with Gasteiger partial charge in [0.15, 0.2) is 16.4 Å². The summed E-state index contributed by atoms with van der Waals surface area (Å²) in [7, 11) is -3.15. The second-order valence-corrected chi connectivity index (χ2v) is 9.42. The molecular weight excluding hydrogens is 390 g/mol. The van der Waals surface area contributed by atoms with E-state index in [9.17, 15) is 18.0 Å². The average Bonchev–Trinajstić information content (AvgIpc) is 3.10. The number of rotatable bonds is 7. The quantitative estimate of drug-likeness (QED) is 0.650. The Hall–Kier alpha value is -2.67. The predicted octanol–water partition coefficient (Wildman–Crippen LogP) is 2.62. The van der Waals surface area contributed by atoms with Crippen LogP contribution >= 0.6 is 0 Å². The number of hydrogen-bond acceptors (Lipinski definition) is 5. The maximum Gasteiger partial charge on any atom is 0.338 e. The van der Waals surface area contributed by atoms with Crippen LogP contribution in [-0.4, -0.2) is 49.3 Å². The number of amides is 1. The van der Waals surface area contributed by atoms with Crippen LogP contribution in [0.5, 0.6) is 0 Å². The molecule has 0 aliphatic carbocycles. The molecule has 0 bridgehead atoms. The highest BCUT2D eigenvalue weighted by Crippen LogP contribution is 2.20. The number of carbonyl (C=O) groups excluding carboxylic acids is 2. The van der Waals surface area contributed by atoms with Crippen molar-refractivity contribution in [3.05, 3.63) is 71.3 Å². The molecule has 1 atom stereocenters. The first-order valence-electron chi connectivity index (χ1n) is 9.68. The first kappa shape index (κ1) is 21.0. The van der Waals surface area contributed by atoms with Crippen molar-refractivity contribution in [1.29, 1.82) is 0 Å². The summed E-state index contributed by atoms with van der Waals surface area (Å²) >= 11 is 0. The van der Waals surface area contributed by atoms with Gasteiger partial charge in [0.2, 0.25) is 0 Å². The highest BCUT2D eigenvalue weighted by molar-refractivity contribution is 7.91. The normalized spacial score (nSPS) is 17.6. The molecule has 2 aromatic carbocycles. The van der Waals surface area contributed by atoms with E-state index in [4.69, 9.17) is 4.74 Å². The van der Waals surface area contributed by atoms with Gasteiger partial charge in [-0.15, -0.1) is 0 Å². The van der Waals surface area contributed by atoms with Crippen LogP contribution in [0, 0.1) is 0 Å². The highest BCUT2D eigenvalue weighted by Gasteiger charge is 2.35. The molecule has 154 valence electrons. The van der Waals surface area contributed by atoms with Gasteiger partial charge in [0.25, 0.3) is 5.91 Å². The minimum absolute atomic E-state index is 0.0575. The van der Waals surface area contributed by atoms with E-state index >= 15 is 0 Å². The Labute approximate surface area is 171 Å². The Balaban J connectivity index is 1.67. The van der Waals surface area contributed by atoms with Crippen LogP contribution in [-0.2, 0) is 32.3 Å². The first-order valence-corrected chi connectivity index (χ1v) is 11.5. The van der Waals surface area contributed by atoms with Crippen LogP contribution in [0.3, 0.4) is 0 Å². The summed E-state index contributed by atoms with van der Waals surface area (Å²) in [6, 6.07) is 16.0. The van der Waals surface area contributed by atoms with Crippen molar-refractivity contribution in [3.8, 4) is 0 Å². The van der Waals surface area contributed by atoms with Gasteiger partial charge in [-0.2, -0.15) is 0 Å². The van der Waals surface area contributed by atoms with E-state index in [-0.39, 0.29) is 18.1 Å². The molecule has 1 aliphatic rings. The molecule has 29 heavy (non-hydrogen) atoms. The fraction of sp³-hybridized carbons (Fsp3) is 0.364. The summed E-state index contributed by atoms with van der Waals surface area (Å²) < 4.78 is 29.0. The summed E-state index contributed by atoms with van der Waals surface area (Å²) in [6.07, 6.45) is 1.26. The van der Waals surface area contributed by atoms with Crippen LogP contribution < -0.4 is 0 Å². The number of esters is 1. The van der Waals surface area contributed by atoms with E-state index in [1.165, 1.54) is 4.90 Å². The van der Waals surface area contributed by atoms with E-state index in [0.717, 1.165) is 17.5 Å². The van der Waals surface area contributed by atoms with Gasteiger partial charge in [-0.05, 0) is 36.1 Å². The van der Waals surface area contributed by atoms with Crippen molar-refractivity contribution in [3.63, 3.8) is 0 Å². The lowest BCUT2D eigenvalue weighted by Crippen LogP contribution is -2.42. The molecule has 0 N–H and O–H groups in total. The molecule has 1 heterocycles. The van der Waals surface area contributed by atoms with E-state index in [1.54, 1.807) is 12.1 Å². The van der Waals surface area contributed by atoms with Gasteiger partial charge < -0.3 is 9.64 Å². The number of sulfone groups is 1. The van der Waals surface area contributed by atoms with E-state index in [2.05, 4.69) is 0 Å². The molecule has 1 fully saturated rings. The third-order valence-electron chi connectivity index (χ3n) is 5.09. The van der Waals surface area contributed by atoms with Gasteiger partial charge in [-0.25, -0.2) is 13.2 Å². The molecule has 1 saturated heterocycles. The fourth-order valence-corrected chi connectivity index (χ4v) is 5.12. The minimum Gasteiger partial charge on any atom is -0.452 e.